The van der Waals surface area contributed by atoms with Crippen LogP contribution in [0.15, 0.2) is 82.6 Å². The van der Waals surface area contributed by atoms with Gasteiger partial charge in [0.05, 0.1) is 16.4 Å². The Balaban J connectivity index is 1.71. The molecule has 3 rings (SSSR count). The van der Waals surface area contributed by atoms with Gasteiger partial charge in [0.15, 0.2) is 0 Å². The number of rotatable bonds is 9. The molecule has 0 atom stereocenters. The molecule has 0 aliphatic heterocycles. The average Bonchev–Trinajstić information content (AvgIpc) is 2.80. The van der Waals surface area contributed by atoms with Crippen LogP contribution in [-0.4, -0.2) is 36.4 Å². The first-order valence-corrected chi connectivity index (χ1v) is 12.8. The molecule has 0 aliphatic carbocycles. The average molecular weight is 490 g/mol. The van der Waals surface area contributed by atoms with Crippen LogP contribution >= 0.6 is 0 Å². The van der Waals surface area contributed by atoms with Gasteiger partial charge in [-0.1, -0.05) is 6.07 Å². The maximum atomic E-state index is 12.6. The summed E-state index contributed by atoms with van der Waals surface area (Å²) in [6.45, 7) is 2.36. The molecule has 9 nitrogen and oxygen atoms in total. The van der Waals surface area contributed by atoms with Crippen LogP contribution in [0.1, 0.15) is 17.3 Å². The van der Waals surface area contributed by atoms with Crippen molar-refractivity contribution in [1.29, 1.82) is 0 Å². The maximum Gasteiger partial charge on any atom is 0.261 e. The Morgan fingerprint density at radius 2 is 1.48 bits per heavy atom. The van der Waals surface area contributed by atoms with Gasteiger partial charge in [0.1, 0.15) is 5.75 Å². The molecule has 33 heavy (non-hydrogen) atoms. The van der Waals surface area contributed by atoms with Gasteiger partial charge in [-0.2, -0.15) is 0 Å². The maximum absolute atomic E-state index is 12.6. The Bertz CT molecular complexity index is 1340. The first-order chi connectivity index (χ1) is 15.6. The van der Waals surface area contributed by atoms with Crippen molar-refractivity contribution >= 4 is 37.3 Å². The lowest BCUT2D eigenvalue weighted by Gasteiger charge is -2.10. The van der Waals surface area contributed by atoms with E-state index in [0.717, 1.165) is 0 Å². The van der Waals surface area contributed by atoms with Crippen molar-refractivity contribution < 1.29 is 26.4 Å². The van der Waals surface area contributed by atoms with E-state index < -0.39 is 26.0 Å². The molecule has 0 heterocycles. The third-order valence-corrected chi connectivity index (χ3v) is 7.32. The van der Waals surface area contributed by atoms with Crippen LogP contribution in [0.3, 0.4) is 0 Å². The number of amides is 1. The molecule has 3 aromatic carbocycles. The quantitative estimate of drug-likeness (QED) is 0.423. The Morgan fingerprint density at radius 1 is 0.818 bits per heavy atom. The van der Waals surface area contributed by atoms with Crippen molar-refractivity contribution in [3.8, 4) is 5.75 Å². The predicted molar refractivity (Wildman–Crippen MR) is 126 cm³/mol. The van der Waals surface area contributed by atoms with Crippen molar-refractivity contribution in [3.63, 3.8) is 0 Å². The van der Waals surface area contributed by atoms with E-state index in [9.17, 15) is 21.6 Å². The fraction of sp³-hybridized carbons (Fsp3) is 0.136. The van der Waals surface area contributed by atoms with Gasteiger partial charge >= 0.3 is 0 Å². The molecule has 11 heteroatoms. The fourth-order valence-electron chi connectivity index (χ4n) is 2.85. The van der Waals surface area contributed by atoms with Gasteiger partial charge in [0.25, 0.3) is 15.9 Å². The molecule has 0 saturated heterocycles. The lowest BCUT2D eigenvalue weighted by atomic mass is 10.2. The zero-order valence-electron chi connectivity index (χ0n) is 17.9. The van der Waals surface area contributed by atoms with Gasteiger partial charge in [-0.3, -0.25) is 9.52 Å². The molecule has 0 fully saturated rings. The van der Waals surface area contributed by atoms with Gasteiger partial charge in [-0.05, 0) is 80.7 Å². The van der Waals surface area contributed by atoms with Crippen molar-refractivity contribution in [2.24, 2.45) is 0 Å². The number of benzene rings is 3. The molecule has 0 radical (unpaired) electrons. The topological polar surface area (TPSA) is 131 Å². The van der Waals surface area contributed by atoms with Gasteiger partial charge in [-0.15, -0.1) is 0 Å². The Morgan fingerprint density at radius 3 is 2.09 bits per heavy atom. The van der Waals surface area contributed by atoms with Crippen LogP contribution in [0.2, 0.25) is 0 Å². The zero-order chi connectivity index (χ0) is 24.1. The van der Waals surface area contributed by atoms with Crippen LogP contribution in [0.25, 0.3) is 0 Å². The van der Waals surface area contributed by atoms with Crippen molar-refractivity contribution in [2.45, 2.75) is 16.7 Å². The third-order valence-electron chi connectivity index (χ3n) is 4.52. The van der Waals surface area contributed by atoms with Crippen LogP contribution in [0.5, 0.6) is 5.75 Å². The minimum atomic E-state index is -3.86. The van der Waals surface area contributed by atoms with Crippen LogP contribution in [-0.2, 0) is 20.0 Å². The highest BCUT2D eigenvalue weighted by Crippen LogP contribution is 2.21. The number of anilines is 2. The highest BCUT2D eigenvalue weighted by molar-refractivity contribution is 7.92. The highest BCUT2D eigenvalue weighted by Gasteiger charge is 2.16. The number of carbonyl (C=O) groups excluding carboxylic acids is 1. The Labute approximate surface area is 192 Å². The summed E-state index contributed by atoms with van der Waals surface area (Å²) in [4.78, 5) is 12.5. The summed E-state index contributed by atoms with van der Waals surface area (Å²) in [6.07, 6.45) is 0. The van der Waals surface area contributed by atoms with Gasteiger partial charge < -0.3 is 10.1 Å². The summed E-state index contributed by atoms with van der Waals surface area (Å²) in [5, 5.41) is 2.60. The number of sulfonamides is 2. The monoisotopic (exact) mass is 489 g/mol. The molecule has 0 unspecified atom stereocenters. The van der Waals surface area contributed by atoms with Crippen molar-refractivity contribution in [2.75, 3.05) is 23.7 Å². The number of ether oxygens (including phenoxy) is 1. The Hall–Kier alpha value is -3.41. The summed E-state index contributed by atoms with van der Waals surface area (Å²) >= 11 is 0. The second-order valence-corrected chi connectivity index (χ2v) is 10.3. The minimum Gasteiger partial charge on any atom is -0.494 e. The summed E-state index contributed by atoms with van der Waals surface area (Å²) in [7, 11) is -6.22. The van der Waals surface area contributed by atoms with Gasteiger partial charge in [0.2, 0.25) is 10.0 Å². The summed E-state index contributed by atoms with van der Waals surface area (Å²) in [6, 6.07) is 17.6. The molecular weight excluding hydrogens is 466 g/mol. The van der Waals surface area contributed by atoms with Crippen LogP contribution in [0.4, 0.5) is 11.4 Å². The van der Waals surface area contributed by atoms with Crippen molar-refractivity contribution in [1.82, 2.24) is 4.72 Å². The van der Waals surface area contributed by atoms with E-state index >= 15 is 0 Å². The zero-order valence-corrected chi connectivity index (χ0v) is 19.5. The van der Waals surface area contributed by atoms with E-state index in [2.05, 4.69) is 14.8 Å². The standard InChI is InChI=1S/C22H23N3O6S2/c1-3-31-19-11-9-17(10-12-19)25-33(29,30)20-13-7-16(8-14-20)22(26)24-18-5-4-6-21(15-18)32(27,28)23-2/h4-15,23,25H,3H2,1-2H3,(H,24,26). The van der Waals surface area contributed by atoms with Crippen molar-refractivity contribution in [3.05, 3.63) is 78.4 Å². The molecule has 0 spiro atoms. The second-order valence-electron chi connectivity index (χ2n) is 6.78. The molecule has 0 aromatic heterocycles. The Kier molecular flexibility index (Phi) is 7.36. The van der Waals surface area contributed by atoms with E-state index in [4.69, 9.17) is 4.74 Å². The second kappa shape index (κ2) is 10.0. The lowest BCUT2D eigenvalue weighted by molar-refractivity contribution is 0.102. The molecule has 0 bridgehead atoms. The molecule has 1 amide bonds. The van der Waals surface area contributed by atoms with E-state index in [1.807, 2.05) is 6.92 Å². The van der Waals surface area contributed by atoms with E-state index in [1.54, 1.807) is 30.3 Å². The molecule has 3 N–H and O–H groups in total. The smallest absolute Gasteiger partial charge is 0.261 e. The highest BCUT2D eigenvalue weighted by atomic mass is 32.2. The lowest BCUT2D eigenvalue weighted by Crippen LogP contribution is -2.19. The molecule has 3 aromatic rings. The molecule has 0 saturated carbocycles. The van der Waals surface area contributed by atoms with E-state index in [1.165, 1.54) is 49.5 Å². The molecular formula is C22H23N3O6S2. The minimum absolute atomic E-state index is 0.00426. The number of hydrogen-bond acceptors (Lipinski definition) is 6. The number of nitrogens with one attached hydrogen (secondary N) is 3. The SMILES string of the molecule is CCOc1ccc(NS(=O)(=O)c2ccc(C(=O)Nc3cccc(S(=O)(=O)NC)c3)cc2)cc1. The summed E-state index contributed by atoms with van der Waals surface area (Å²) in [5.41, 5.74) is 0.860. The predicted octanol–water partition coefficient (Wildman–Crippen LogP) is 3.05. The summed E-state index contributed by atoms with van der Waals surface area (Å²) < 4.78 is 59.1. The van der Waals surface area contributed by atoms with Gasteiger partial charge in [-0.25, -0.2) is 21.6 Å². The number of hydrogen-bond donors (Lipinski definition) is 3. The first kappa shape index (κ1) is 24.2. The molecule has 174 valence electrons. The number of carbonyl (C=O) groups is 1. The summed E-state index contributed by atoms with van der Waals surface area (Å²) in [5.74, 6) is 0.113. The normalized spacial score (nSPS) is 11.6. The molecule has 0 aliphatic rings. The largest absolute Gasteiger partial charge is 0.494 e. The first-order valence-electron chi connectivity index (χ1n) is 9.85. The van der Waals surface area contributed by atoms with Crippen LogP contribution < -0.4 is 19.5 Å². The van der Waals surface area contributed by atoms with E-state index in [-0.39, 0.29) is 21.0 Å². The fourth-order valence-corrected chi connectivity index (χ4v) is 4.68. The van der Waals surface area contributed by atoms with Gasteiger partial charge in [0, 0.05) is 16.9 Å². The van der Waals surface area contributed by atoms with E-state index in [0.29, 0.717) is 18.0 Å². The van der Waals surface area contributed by atoms with Crippen LogP contribution in [0, 0.1) is 0 Å². The third kappa shape index (κ3) is 6.09.